The maximum absolute atomic E-state index is 4.15. The summed E-state index contributed by atoms with van der Waals surface area (Å²) in [6.45, 7) is 18.7. The minimum Gasteiger partial charge on any atom is -0.373 e. The Balaban J connectivity index is 2.72. The van der Waals surface area contributed by atoms with Crippen molar-refractivity contribution in [3.63, 3.8) is 0 Å². The summed E-state index contributed by atoms with van der Waals surface area (Å²) in [6.07, 6.45) is 0. The highest BCUT2D eigenvalue weighted by atomic mass is 15.3. The van der Waals surface area contributed by atoms with E-state index in [1.54, 1.807) is 0 Å². The van der Waals surface area contributed by atoms with E-state index in [1.165, 1.54) is 5.70 Å². The molecule has 0 bridgehead atoms. The number of hydrogen-bond acceptors (Lipinski definition) is 2. The number of piperazine rings is 1. The van der Waals surface area contributed by atoms with Gasteiger partial charge in [-0.15, -0.1) is 0 Å². The lowest BCUT2D eigenvalue weighted by Gasteiger charge is -2.48. The SMILES string of the molecule is C=C1CN(C(C)(C)C)[C@H](C)CN1CC. The predicted molar refractivity (Wildman–Crippen MR) is 62.3 cm³/mol. The zero-order valence-corrected chi connectivity index (χ0v) is 10.3. The third-order valence-corrected chi connectivity index (χ3v) is 3.06. The minimum atomic E-state index is 0.252. The Bertz CT molecular complexity index is 215. The van der Waals surface area contributed by atoms with E-state index in [9.17, 15) is 0 Å². The van der Waals surface area contributed by atoms with E-state index in [4.69, 9.17) is 0 Å². The van der Waals surface area contributed by atoms with E-state index in [0.29, 0.717) is 6.04 Å². The molecule has 0 N–H and O–H groups in total. The average molecular weight is 196 g/mol. The second-order valence-electron chi connectivity index (χ2n) is 5.25. The Kier molecular flexibility index (Phi) is 3.25. The van der Waals surface area contributed by atoms with Gasteiger partial charge in [0, 0.05) is 36.9 Å². The third-order valence-electron chi connectivity index (χ3n) is 3.06. The van der Waals surface area contributed by atoms with Crippen LogP contribution in [0.1, 0.15) is 34.6 Å². The first-order chi connectivity index (χ1) is 6.36. The summed E-state index contributed by atoms with van der Waals surface area (Å²) in [5.74, 6) is 0. The first-order valence-electron chi connectivity index (χ1n) is 5.55. The van der Waals surface area contributed by atoms with Gasteiger partial charge in [0.1, 0.15) is 0 Å². The monoisotopic (exact) mass is 196 g/mol. The Hall–Kier alpha value is -0.500. The molecule has 2 nitrogen and oxygen atoms in total. The molecule has 0 amide bonds. The van der Waals surface area contributed by atoms with Gasteiger partial charge in [0.15, 0.2) is 0 Å². The van der Waals surface area contributed by atoms with Crippen LogP contribution in [-0.2, 0) is 0 Å². The molecule has 1 heterocycles. The fourth-order valence-corrected chi connectivity index (χ4v) is 2.25. The Morgan fingerprint density at radius 3 is 2.43 bits per heavy atom. The van der Waals surface area contributed by atoms with Gasteiger partial charge < -0.3 is 4.90 Å². The lowest BCUT2D eigenvalue weighted by atomic mass is 10.00. The van der Waals surface area contributed by atoms with Gasteiger partial charge >= 0.3 is 0 Å². The molecule has 0 aromatic carbocycles. The molecule has 82 valence electrons. The van der Waals surface area contributed by atoms with Gasteiger partial charge in [0.25, 0.3) is 0 Å². The van der Waals surface area contributed by atoms with Gasteiger partial charge in [0.2, 0.25) is 0 Å². The zero-order chi connectivity index (χ0) is 10.9. The van der Waals surface area contributed by atoms with E-state index in [-0.39, 0.29) is 5.54 Å². The third kappa shape index (κ3) is 2.30. The highest BCUT2D eigenvalue weighted by molar-refractivity contribution is 5.05. The van der Waals surface area contributed by atoms with Crippen molar-refractivity contribution in [1.29, 1.82) is 0 Å². The Morgan fingerprint density at radius 1 is 1.43 bits per heavy atom. The van der Waals surface area contributed by atoms with Crippen molar-refractivity contribution < 1.29 is 0 Å². The fourth-order valence-electron chi connectivity index (χ4n) is 2.25. The molecule has 0 unspecified atom stereocenters. The molecular weight excluding hydrogens is 172 g/mol. The van der Waals surface area contributed by atoms with Crippen molar-refractivity contribution in [3.05, 3.63) is 12.3 Å². The van der Waals surface area contributed by atoms with E-state index in [0.717, 1.165) is 19.6 Å². The molecular formula is C12H24N2. The lowest BCUT2D eigenvalue weighted by Crippen LogP contribution is -2.56. The van der Waals surface area contributed by atoms with Gasteiger partial charge in [-0.3, -0.25) is 4.90 Å². The molecule has 0 saturated carbocycles. The maximum Gasteiger partial charge on any atom is 0.0386 e. The van der Waals surface area contributed by atoms with Gasteiger partial charge in [0.05, 0.1) is 0 Å². The number of nitrogens with zero attached hydrogens (tertiary/aromatic N) is 2. The minimum absolute atomic E-state index is 0.252. The standard InChI is InChI=1S/C12H24N2/c1-7-13-8-11(3)14(9-10(13)2)12(4,5)6/h11H,2,7-9H2,1,3-6H3/t11-/m1/s1. The molecule has 1 saturated heterocycles. The molecule has 0 aliphatic carbocycles. The number of rotatable bonds is 1. The largest absolute Gasteiger partial charge is 0.373 e. The van der Waals surface area contributed by atoms with Crippen LogP contribution in [-0.4, -0.2) is 41.0 Å². The molecule has 0 aromatic heterocycles. The number of likely N-dealkylation sites (N-methyl/N-ethyl adjacent to an activating group) is 1. The van der Waals surface area contributed by atoms with Gasteiger partial charge in [-0.1, -0.05) is 6.58 Å². The molecule has 0 aromatic rings. The van der Waals surface area contributed by atoms with E-state index in [2.05, 4.69) is 51.0 Å². The summed E-state index contributed by atoms with van der Waals surface area (Å²) < 4.78 is 0. The first kappa shape index (κ1) is 11.6. The van der Waals surface area contributed by atoms with Crippen LogP contribution in [0, 0.1) is 0 Å². The van der Waals surface area contributed by atoms with E-state index < -0.39 is 0 Å². The van der Waals surface area contributed by atoms with Crippen LogP contribution in [0.3, 0.4) is 0 Å². The predicted octanol–water partition coefficient (Wildman–Crippen LogP) is 2.32. The molecule has 0 spiro atoms. The quantitative estimate of drug-likeness (QED) is 0.635. The van der Waals surface area contributed by atoms with Crippen LogP contribution < -0.4 is 0 Å². The van der Waals surface area contributed by atoms with Crippen molar-refractivity contribution in [3.8, 4) is 0 Å². The lowest BCUT2D eigenvalue weighted by molar-refractivity contribution is 0.0458. The summed E-state index contributed by atoms with van der Waals surface area (Å²) in [6, 6.07) is 0.625. The van der Waals surface area contributed by atoms with Crippen LogP contribution in [0.4, 0.5) is 0 Å². The maximum atomic E-state index is 4.15. The summed E-state index contributed by atoms with van der Waals surface area (Å²) in [7, 11) is 0. The van der Waals surface area contributed by atoms with Crippen LogP contribution in [0.5, 0.6) is 0 Å². The van der Waals surface area contributed by atoms with Crippen LogP contribution in [0.2, 0.25) is 0 Å². The van der Waals surface area contributed by atoms with Crippen molar-refractivity contribution in [2.75, 3.05) is 19.6 Å². The highest BCUT2D eigenvalue weighted by Crippen LogP contribution is 2.24. The van der Waals surface area contributed by atoms with Gasteiger partial charge in [-0.2, -0.15) is 0 Å². The summed E-state index contributed by atoms with van der Waals surface area (Å²) in [5.41, 5.74) is 1.52. The van der Waals surface area contributed by atoms with Crippen molar-refractivity contribution >= 4 is 0 Å². The molecule has 1 rings (SSSR count). The highest BCUT2D eigenvalue weighted by Gasteiger charge is 2.32. The summed E-state index contributed by atoms with van der Waals surface area (Å²) in [5, 5.41) is 0. The Morgan fingerprint density at radius 2 is 2.00 bits per heavy atom. The molecule has 14 heavy (non-hydrogen) atoms. The van der Waals surface area contributed by atoms with Crippen molar-refractivity contribution in [2.45, 2.75) is 46.2 Å². The van der Waals surface area contributed by atoms with E-state index in [1.807, 2.05) is 0 Å². The molecule has 2 heteroatoms. The van der Waals surface area contributed by atoms with Gasteiger partial charge in [-0.05, 0) is 34.6 Å². The second-order valence-corrected chi connectivity index (χ2v) is 5.25. The van der Waals surface area contributed by atoms with Gasteiger partial charge in [-0.25, -0.2) is 0 Å². The fraction of sp³-hybridized carbons (Fsp3) is 0.833. The summed E-state index contributed by atoms with van der Waals surface area (Å²) in [4.78, 5) is 4.91. The van der Waals surface area contributed by atoms with Crippen LogP contribution in [0.15, 0.2) is 12.3 Å². The van der Waals surface area contributed by atoms with E-state index >= 15 is 0 Å². The molecule has 1 fully saturated rings. The van der Waals surface area contributed by atoms with Crippen molar-refractivity contribution in [2.24, 2.45) is 0 Å². The van der Waals surface area contributed by atoms with Crippen LogP contribution >= 0.6 is 0 Å². The molecule has 1 aliphatic rings. The Labute approximate surface area is 88.6 Å². The molecule has 1 atom stereocenters. The number of hydrogen-bond donors (Lipinski definition) is 0. The summed E-state index contributed by atoms with van der Waals surface area (Å²) >= 11 is 0. The topological polar surface area (TPSA) is 6.48 Å². The molecule has 0 radical (unpaired) electrons. The first-order valence-corrected chi connectivity index (χ1v) is 5.55. The zero-order valence-electron chi connectivity index (χ0n) is 10.3. The van der Waals surface area contributed by atoms with Crippen LogP contribution in [0.25, 0.3) is 0 Å². The van der Waals surface area contributed by atoms with Crippen molar-refractivity contribution in [1.82, 2.24) is 9.80 Å². The second kappa shape index (κ2) is 3.93. The molecule has 1 aliphatic heterocycles. The normalized spacial score (nSPS) is 25.6. The average Bonchev–Trinajstić information content (AvgIpc) is 2.06. The smallest absolute Gasteiger partial charge is 0.0386 e.